The minimum atomic E-state index is -4.59. The van der Waals surface area contributed by atoms with Gasteiger partial charge in [-0.05, 0) is 31.0 Å². The molecule has 1 aromatic carbocycles. The van der Waals surface area contributed by atoms with Gasteiger partial charge in [-0.15, -0.1) is 0 Å². The highest BCUT2D eigenvalue weighted by atomic mass is 19.4. The van der Waals surface area contributed by atoms with Crippen LogP contribution in [-0.4, -0.2) is 21.8 Å². The molecule has 0 saturated heterocycles. The topological polar surface area (TPSA) is 33.2 Å². The Morgan fingerprint density at radius 1 is 1.16 bits per heavy atom. The summed E-state index contributed by atoms with van der Waals surface area (Å²) in [6.45, 7) is -0.0867. The number of amides is 1. The average molecular weight is 356 g/mol. The Hall–Kier alpha value is -2.51. The molecule has 0 radical (unpaired) electrons. The molecule has 3 nitrogen and oxygen atoms in total. The van der Waals surface area contributed by atoms with Crippen LogP contribution >= 0.6 is 0 Å². The van der Waals surface area contributed by atoms with Crippen molar-refractivity contribution in [2.45, 2.75) is 31.6 Å². The van der Waals surface area contributed by atoms with Crippen molar-refractivity contribution < 1.29 is 26.7 Å². The number of carbonyl (C=O) groups excluding carboxylic acids is 1. The van der Waals surface area contributed by atoms with Crippen molar-refractivity contribution in [3.8, 4) is 0 Å². The first-order valence-electron chi connectivity index (χ1n) is 7.54. The standard InChI is InChI=1S/C17H13F5N2O/c18-12-3-1-11(14(19)7-12)9-24(13-4-5-13)16(25)10-2-6-15(23-8-10)17(20,21)22/h1-3,6-8,13H,4-5,9H2. The fourth-order valence-corrected chi connectivity index (χ4v) is 2.44. The van der Waals surface area contributed by atoms with Crippen molar-refractivity contribution in [2.24, 2.45) is 0 Å². The third-order valence-electron chi connectivity index (χ3n) is 3.91. The molecule has 1 heterocycles. The first kappa shape index (κ1) is 17.3. The Morgan fingerprint density at radius 2 is 1.88 bits per heavy atom. The first-order valence-corrected chi connectivity index (χ1v) is 7.54. The number of rotatable bonds is 4. The van der Waals surface area contributed by atoms with E-state index < -0.39 is 29.4 Å². The van der Waals surface area contributed by atoms with Gasteiger partial charge in [0.05, 0.1) is 5.56 Å². The number of pyridine rings is 1. The number of hydrogen-bond donors (Lipinski definition) is 0. The van der Waals surface area contributed by atoms with Crippen LogP contribution in [0.15, 0.2) is 36.5 Å². The van der Waals surface area contributed by atoms with Crippen LogP contribution in [-0.2, 0) is 12.7 Å². The second-order valence-corrected chi connectivity index (χ2v) is 5.83. The molecule has 1 aromatic heterocycles. The van der Waals surface area contributed by atoms with Gasteiger partial charge in [0.2, 0.25) is 0 Å². The molecule has 1 saturated carbocycles. The fourth-order valence-electron chi connectivity index (χ4n) is 2.44. The van der Waals surface area contributed by atoms with Crippen molar-refractivity contribution in [2.75, 3.05) is 0 Å². The average Bonchev–Trinajstić information content (AvgIpc) is 3.38. The van der Waals surface area contributed by atoms with Gasteiger partial charge in [-0.2, -0.15) is 13.2 Å². The van der Waals surface area contributed by atoms with Crippen molar-refractivity contribution in [3.63, 3.8) is 0 Å². The summed E-state index contributed by atoms with van der Waals surface area (Å²) in [6.07, 6.45) is -2.28. The number of aromatic nitrogens is 1. The highest BCUT2D eigenvalue weighted by Gasteiger charge is 2.35. The van der Waals surface area contributed by atoms with E-state index in [0.717, 1.165) is 43.3 Å². The zero-order valence-electron chi connectivity index (χ0n) is 12.9. The van der Waals surface area contributed by atoms with Crippen LogP contribution in [0.2, 0.25) is 0 Å². The molecule has 0 unspecified atom stereocenters. The lowest BCUT2D eigenvalue weighted by Gasteiger charge is -2.23. The lowest BCUT2D eigenvalue weighted by atomic mass is 10.1. The fraction of sp³-hybridized carbons (Fsp3) is 0.294. The molecule has 25 heavy (non-hydrogen) atoms. The maximum atomic E-state index is 13.8. The number of halogens is 5. The molecule has 0 bridgehead atoms. The molecule has 1 fully saturated rings. The maximum Gasteiger partial charge on any atom is 0.433 e. The lowest BCUT2D eigenvalue weighted by Crippen LogP contribution is -2.33. The molecule has 132 valence electrons. The van der Waals surface area contributed by atoms with Gasteiger partial charge in [0, 0.05) is 30.4 Å². The summed E-state index contributed by atoms with van der Waals surface area (Å²) in [7, 11) is 0. The minimum Gasteiger partial charge on any atom is -0.331 e. The third-order valence-corrected chi connectivity index (χ3v) is 3.91. The van der Waals surface area contributed by atoms with E-state index in [1.54, 1.807) is 0 Å². The molecule has 1 amide bonds. The zero-order chi connectivity index (χ0) is 18.2. The summed E-state index contributed by atoms with van der Waals surface area (Å²) in [4.78, 5) is 17.2. The van der Waals surface area contributed by atoms with Crippen LogP contribution in [0, 0.1) is 11.6 Å². The molecule has 1 aliphatic carbocycles. The Kier molecular flexibility index (Phi) is 4.45. The van der Waals surface area contributed by atoms with Gasteiger partial charge < -0.3 is 4.90 Å². The predicted octanol–water partition coefficient (Wildman–Crippen LogP) is 4.18. The molecule has 2 aromatic rings. The SMILES string of the molecule is O=C(c1ccc(C(F)(F)F)nc1)N(Cc1ccc(F)cc1F)C1CC1. The summed E-state index contributed by atoms with van der Waals surface area (Å²) in [6, 6.07) is 4.74. The van der Waals surface area contributed by atoms with E-state index in [1.165, 1.54) is 11.0 Å². The number of alkyl halides is 3. The predicted molar refractivity (Wildman–Crippen MR) is 78.5 cm³/mol. The summed E-state index contributed by atoms with van der Waals surface area (Å²) in [5.41, 5.74) is -0.962. The Bertz CT molecular complexity index is 785. The van der Waals surface area contributed by atoms with Gasteiger partial charge in [-0.3, -0.25) is 9.78 Å². The van der Waals surface area contributed by atoms with Crippen molar-refractivity contribution in [1.82, 2.24) is 9.88 Å². The number of nitrogens with zero attached hydrogens (tertiary/aromatic N) is 2. The van der Waals surface area contributed by atoms with Crippen molar-refractivity contribution in [1.29, 1.82) is 0 Å². The van der Waals surface area contributed by atoms with Gasteiger partial charge >= 0.3 is 6.18 Å². The van der Waals surface area contributed by atoms with E-state index >= 15 is 0 Å². The first-order chi connectivity index (χ1) is 11.8. The maximum absolute atomic E-state index is 13.8. The van der Waals surface area contributed by atoms with Crippen molar-refractivity contribution >= 4 is 5.91 Å². The zero-order valence-corrected chi connectivity index (χ0v) is 12.9. The monoisotopic (exact) mass is 356 g/mol. The lowest BCUT2D eigenvalue weighted by molar-refractivity contribution is -0.141. The number of carbonyl (C=O) groups is 1. The van der Waals surface area contributed by atoms with E-state index in [9.17, 15) is 26.7 Å². The molecular formula is C17H13F5N2O. The van der Waals surface area contributed by atoms with Crippen LogP contribution < -0.4 is 0 Å². The number of benzene rings is 1. The number of hydrogen-bond acceptors (Lipinski definition) is 2. The second kappa shape index (κ2) is 6.42. The van der Waals surface area contributed by atoms with Gasteiger partial charge in [-0.25, -0.2) is 8.78 Å². The molecule has 1 aliphatic rings. The largest absolute Gasteiger partial charge is 0.433 e. The molecule has 3 rings (SSSR count). The van der Waals surface area contributed by atoms with E-state index in [0.29, 0.717) is 0 Å². The molecule has 0 N–H and O–H groups in total. The normalized spacial score (nSPS) is 14.4. The summed E-state index contributed by atoms with van der Waals surface area (Å²) < 4.78 is 64.5. The van der Waals surface area contributed by atoms with Crippen LogP contribution in [0.25, 0.3) is 0 Å². The van der Waals surface area contributed by atoms with Gasteiger partial charge in [0.1, 0.15) is 17.3 Å². The van der Waals surface area contributed by atoms with E-state index in [4.69, 9.17) is 0 Å². The third kappa shape index (κ3) is 3.94. The van der Waals surface area contributed by atoms with Crippen LogP contribution in [0.4, 0.5) is 22.0 Å². The Labute approximate surface area is 140 Å². The van der Waals surface area contributed by atoms with Gasteiger partial charge in [-0.1, -0.05) is 6.07 Å². The smallest absolute Gasteiger partial charge is 0.331 e. The van der Waals surface area contributed by atoms with Crippen molar-refractivity contribution in [3.05, 3.63) is 65.0 Å². The van der Waals surface area contributed by atoms with E-state index in [-0.39, 0.29) is 23.7 Å². The summed E-state index contributed by atoms with van der Waals surface area (Å²) >= 11 is 0. The molecule has 0 spiro atoms. The minimum absolute atomic E-state index is 0.0116. The summed E-state index contributed by atoms with van der Waals surface area (Å²) in [5, 5.41) is 0. The Morgan fingerprint density at radius 3 is 2.40 bits per heavy atom. The molecule has 0 atom stereocenters. The quantitative estimate of drug-likeness (QED) is 0.770. The van der Waals surface area contributed by atoms with Crippen LogP contribution in [0.3, 0.4) is 0 Å². The van der Waals surface area contributed by atoms with E-state index in [2.05, 4.69) is 4.98 Å². The Balaban J connectivity index is 1.82. The summed E-state index contributed by atoms with van der Waals surface area (Å²) in [5.74, 6) is -2.03. The highest BCUT2D eigenvalue weighted by Crippen LogP contribution is 2.31. The van der Waals surface area contributed by atoms with Gasteiger partial charge in [0.15, 0.2) is 0 Å². The van der Waals surface area contributed by atoms with Gasteiger partial charge in [0.25, 0.3) is 5.91 Å². The van der Waals surface area contributed by atoms with Crippen LogP contribution in [0.1, 0.15) is 34.5 Å². The molecular weight excluding hydrogens is 343 g/mol. The second-order valence-electron chi connectivity index (χ2n) is 5.83. The van der Waals surface area contributed by atoms with E-state index in [1.807, 2.05) is 0 Å². The molecule has 0 aliphatic heterocycles. The molecule has 8 heteroatoms. The van der Waals surface area contributed by atoms with Crippen LogP contribution in [0.5, 0.6) is 0 Å². The highest BCUT2D eigenvalue weighted by molar-refractivity contribution is 5.94.